The molecule has 0 fully saturated rings. The highest BCUT2D eigenvalue weighted by Crippen LogP contribution is 2.26. The lowest BCUT2D eigenvalue weighted by atomic mass is 10.2. The molecule has 1 heterocycles. The summed E-state index contributed by atoms with van der Waals surface area (Å²) in [7, 11) is -4.35. The van der Waals surface area contributed by atoms with E-state index in [1.807, 2.05) is 5.38 Å². The van der Waals surface area contributed by atoms with Gasteiger partial charge in [-0.15, -0.1) is 11.3 Å². The van der Waals surface area contributed by atoms with Crippen LogP contribution in [0.1, 0.15) is 24.3 Å². The maximum absolute atomic E-state index is 10.4. The summed E-state index contributed by atoms with van der Waals surface area (Å²) in [6.07, 6.45) is -0.0738. The van der Waals surface area contributed by atoms with E-state index >= 15 is 0 Å². The third-order valence-electron chi connectivity index (χ3n) is 1.47. The number of hydrogen-bond acceptors (Lipinski definition) is 4. The van der Waals surface area contributed by atoms with Crippen molar-refractivity contribution < 1.29 is 17.2 Å². The summed E-state index contributed by atoms with van der Waals surface area (Å²) in [4.78, 5) is 0.792. The van der Waals surface area contributed by atoms with Gasteiger partial charge >= 0.3 is 10.4 Å². The Hall–Kier alpha value is -0.430. The van der Waals surface area contributed by atoms with E-state index in [1.165, 1.54) is 11.3 Å². The van der Waals surface area contributed by atoms with Crippen LogP contribution in [0.3, 0.4) is 0 Å². The van der Waals surface area contributed by atoms with Gasteiger partial charge in [0.1, 0.15) is 6.10 Å². The van der Waals surface area contributed by atoms with Gasteiger partial charge in [-0.1, -0.05) is 13.0 Å². The van der Waals surface area contributed by atoms with Crippen LogP contribution >= 0.6 is 11.3 Å². The third kappa shape index (κ3) is 3.43. The Morgan fingerprint density at radius 1 is 1.69 bits per heavy atom. The molecule has 1 unspecified atom stereocenters. The van der Waals surface area contributed by atoms with Crippen molar-refractivity contribution in [1.82, 2.24) is 0 Å². The lowest BCUT2D eigenvalue weighted by Gasteiger charge is -2.10. The van der Waals surface area contributed by atoms with Gasteiger partial charge in [0.2, 0.25) is 0 Å². The van der Waals surface area contributed by atoms with Crippen LogP contribution in [0.4, 0.5) is 0 Å². The number of hydrogen-bond donors (Lipinski definition) is 1. The molecule has 0 spiro atoms. The fraction of sp³-hybridized carbons (Fsp3) is 0.429. The van der Waals surface area contributed by atoms with Gasteiger partial charge in [-0.05, 0) is 17.9 Å². The number of rotatable bonds is 4. The Bertz CT molecular complexity index is 341. The second-order valence-electron chi connectivity index (χ2n) is 2.44. The van der Waals surface area contributed by atoms with Crippen molar-refractivity contribution in [3.8, 4) is 0 Å². The minimum atomic E-state index is -4.35. The minimum absolute atomic E-state index is 0.500. The Kier molecular flexibility index (Phi) is 3.43. The van der Waals surface area contributed by atoms with Crippen molar-refractivity contribution in [2.45, 2.75) is 19.4 Å². The van der Waals surface area contributed by atoms with Crippen LogP contribution in [0.15, 0.2) is 17.5 Å². The average Bonchev–Trinajstić information content (AvgIpc) is 2.50. The van der Waals surface area contributed by atoms with Crippen molar-refractivity contribution in [3.05, 3.63) is 22.4 Å². The Morgan fingerprint density at radius 2 is 2.38 bits per heavy atom. The predicted molar refractivity (Wildman–Crippen MR) is 50.0 cm³/mol. The molecule has 1 rings (SSSR count). The van der Waals surface area contributed by atoms with Crippen LogP contribution in [-0.2, 0) is 14.6 Å². The summed E-state index contributed by atoms with van der Waals surface area (Å²) in [5.41, 5.74) is 0. The normalized spacial score (nSPS) is 14.3. The lowest BCUT2D eigenvalue weighted by molar-refractivity contribution is 0.183. The highest BCUT2D eigenvalue weighted by Gasteiger charge is 2.17. The van der Waals surface area contributed by atoms with Gasteiger partial charge in [0.25, 0.3) is 0 Å². The first-order valence-electron chi connectivity index (χ1n) is 3.72. The fourth-order valence-electron chi connectivity index (χ4n) is 0.938. The molecule has 1 N–H and O–H groups in total. The molecular formula is C7H10O4S2. The molecule has 1 aromatic heterocycles. The third-order valence-corrected chi connectivity index (χ3v) is 2.91. The van der Waals surface area contributed by atoms with Crippen molar-refractivity contribution in [2.24, 2.45) is 0 Å². The molecule has 0 aromatic carbocycles. The van der Waals surface area contributed by atoms with Crippen LogP contribution in [0.5, 0.6) is 0 Å². The summed E-state index contributed by atoms with van der Waals surface area (Å²) in [5.74, 6) is 0. The molecule has 6 heteroatoms. The van der Waals surface area contributed by atoms with E-state index < -0.39 is 16.5 Å². The molecular weight excluding hydrogens is 212 g/mol. The van der Waals surface area contributed by atoms with Crippen molar-refractivity contribution >= 4 is 21.7 Å². The summed E-state index contributed by atoms with van der Waals surface area (Å²) in [6.45, 7) is 1.79. The molecule has 74 valence electrons. The van der Waals surface area contributed by atoms with E-state index in [-0.39, 0.29) is 0 Å². The molecule has 1 aromatic rings. The summed E-state index contributed by atoms with van der Waals surface area (Å²) < 4.78 is 33.8. The van der Waals surface area contributed by atoms with Gasteiger partial charge in [0, 0.05) is 4.88 Å². The molecule has 0 saturated heterocycles. The number of thiophene rings is 1. The standard InChI is InChI=1S/C7H10O4S2/c1-2-6(11-13(8,9)10)7-4-3-5-12-7/h3-6H,2H2,1H3,(H,8,9,10). The zero-order chi connectivity index (χ0) is 9.90. The Labute approximate surface area is 81.1 Å². The minimum Gasteiger partial charge on any atom is -0.264 e. The predicted octanol–water partition coefficient (Wildman–Crippen LogP) is 2.02. The largest absolute Gasteiger partial charge is 0.397 e. The van der Waals surface area contributed by atoms with Crippen LogP contribution in [0.25, 0.3) is 0 Å². The highest BCUT2D eigenvalue weighted by molar-refractivity contribution is 7.80. The molecule has 1 atom stereocenters. The van der Waals surface area contributed by atoms with Gasteiger partial charge in [0.15, 0.2) is 0 Å². The average molecular weight is 222 g/mol. The molecule has 0 bridgehead atoms. The van der Waals surface area contributed by atoms with E-state index in [2.05, 4.69) is 4.18 Å². The first kappa shape index (κ1) is 10.6. The Balaban J connectivity index is 2.76. The van der Waals surface area contributed by atoms with E-state index in [4.69, 9.17) is 4.55 Å². The van der Waals surface area contributed by atoms with Crippen LogP contribution in [0.2, 0.25) is 0 Å². The van der Waals surface area contributed by atoms with Crippen molar-refractivity contribution in [1.29, 1.82) is 0 Å². The topological polar surface area (TPSA) is 63.6 Å². The molecule has 0 aliphatic carbocycles. The second-order valence-corrected chi connectivity index (χ2v) is 4.46. The molecule has 0 saturated carbocycles. The fourth-order valence-corrected chi connectivity index (χ4v) is 2.37. The van der Waals surface area contributed by atoms with Gasteiger partial charge in [-0.3, -0.25) is 4.55 Å². The molecule has 13 heavy (non-hydrogen) atoms. The van der Waals surface area contributed by atoms with Crippen molar-refractivity contribution in [3.63, 3.8) is 0 Å². The van der Waals surface area contributed by atoms with Crippen LogP contribution in [-0.4, -0.2) is 13.0 Å². The van der Waals surface area contributed by atoms with E-state index in [0.29, 0.717) is 6.42 Å². The Morgan fingerprint density at radius 3 is 2.77 bits per heavy atom. The van der Waals surface area contributed by atoms with Gasteiger partial charge in [0.05, 0.1) is 0 Å². The smallest absolute Gasteiger partial charge is 0.264 e. The van der Waals surface area contributed by atoms with Crippen LogP contribution in [0, 0.1) is 0 Å². The molecule has 0 radical (unpaired) electrons. The molecule has 0 amide bonds. The molecule has 4 nitrogen and oxygen atoms in total. The zero-order valence-electron chi connectivity index (χ0n) is 7.00. The van der Waals surface area contributed by atoms with Gasteiger partial charge in [-0.2, -0.15) is 8.42 Å². The monoisotopic (exact) mass is 222 g/mol. The summed E-state index contributed by atoms with van der Waals surface area (Å²) in [5, 5.41) is 1.82. The SMILES string of the molecule is CCC(OS(=O)(=O)O)c1cccs1. The molecule has 0 aliphatic rings. The van der Waals surface area contributed by atoms with E-state index in [0.717, 1.165) is 4.88 Å². The first-order valence-corrected chi connectivity index (χ1v) is 5.96. The highest BCUT2D eigenvalue weighted by atomic mass is 32.3. The maximum atomic E-state index is 10.4. The molecule has 0 aliphatic heterocycles. The zero-order valence-corrected chi connectivity index (χ0v) is 8.64. The van der Waals surface area contributed by atoms with Gasteiger partial charge < -0.3 is 0 Å². The maximum Gasteiger partial charge on any atom is 0.397 e. The quantitative estimate of drug-likeness (QED) is 0.791. The summed E-state index contributed by atoms with van der Waals surface area (Å²) >= 11 is 1.40. The summed E-state index contributed by atoms with van der Waals surface area (Å²) in [6, 6.07) is 3.57. The van der Waals surface area contributed by atoms with Gasteiger partial charge in [-0.25, -0.2) is 4.18 Å². The van der Waals surface area contributed by atoms with Crippen molar-refractivity contribution in [2.75, 3.05) is 0 Å². The van der Waals surface area contributed by atoms with Crippen LogP contribution < -0.4 is 0 Å². The lowest BCUT2D eigenvalue weighted by Crippen LogP contribution is -2.08. The second kappa shape index (κ2) is 4.19. The van der Waals surface area contributed by atoms with E-state index in [1.54, 1.807) is 19.1 Å². The van der Waals surface area contributed by atoms with E-state index in [9.17, 15) is 8.42 Å². The first-order chi connectivity index (χ1) is 6.03.